The fraction of sp³-hybridized carbons (Fsp3) is 0.345. The highest BCUT2D eigenvalue weighted by Crippen LogP contribution is 2.27. The molecule has 1 amide bonds. The molecule has 0 spiro atoms. The third kappa shape index (κ3) is 7.46. The van der Waals surface area contributed by atoms with Gasteiger partial charge in [0.05, 0.1) is 12.5 Å². The highest BCUT2D eigenvalue weighted by molar-refractivity contribution is 6.36. The molecular formula is C29H32Cl2N2O4. The van der Waals surface area contributed by atoms with Gasteiger partial charge in [-0.15, -0.1) is 0 Å². The largest absolute Gasteiger partial charge is 0.481 e. The maximum absolute atomic E-state index is 13.6. The third-order valence-corrected chi connectivity index (χ3v) is 7.04. The number of carboxylic acid groups (broad SMARTS) is 1. The van der Waals surface area contributed by atoms with Crippen LogP contribution in [-0.2, 0) is 16.0 Å². The normalized spacial score (nSPS) is 12.7. The minimum absolute atomic E-state index is 0.228. The van der Waals surface area contributed by atoms with Gasteiger partial charge in [0, 0.05) is 28.2 Å². The van der Waals surface area contributed by atoms with Crippen LogP contribution in [0.15, 0.2) is 59.5 Å². The Labute approximate surface area is 227 Å². The van der Waals surface area contributed by atoms with Gasteiger partial charge >= 0.3 is 5.97 Å². The van der Waals surface area contributed by atoms with E-state index in [1.165, 1.54) is 4.57 Å². The van der Waals surface area contributed by atoms with E-state index in [0.29, 0.717) is 33.2 Å². The van der Waals surface area contributed by atoms with Crippen molar-refractivity contribution >= 4 is 35.1 Å². The van der Waals surface area contributed by atoms with E-state index in [2.05, 4.69) is 5.32 Å². The highest BCUT2D eigenvalue weighted by atomic mass is 35.5. The van der Waals surface area contributed by atoms with E-state index in [4.69, 9.17) is 23.2 Å². The number of aliphatic carboxylic acids is 1. The summed E-state index contributed by atoms with van der Waals surface area (Å²) in [7, 11) is 0. The van der Waals surface area contributed by atoms with Crippen molar-refractivity contribution < 1.29 is 14.7 Å². The van der Waals surface area contributed by atoms with Crippen molar-refractivity contribution in [3.8, 4) is 0 Å². The second-order valence-corrected chi connectivity index (χ2v) is 10.2. The molecule has 0 aliphatic carbocycles. The van der Waals surface area contributed by atoms with Crippen LogP contribution < -0.4 is 10.9 Å². The molecule has 2 N–H and O–H groups in total. The number of aryl methyl sites for hydroxylation is 2. The number of hydrogen-bond donors (Lipinski definition) is 2. The Morgan fingerprint density at radius 2 is 1.68 bits per heavy atom. The summed E-state index contributed by atoms with van der Waals surface area (Å²) in [6.07, 6.45) is 3.63. The number of rotatable bonds is 11. The molecular weight excluding hydrogens is 511 g/mol. The molecule has 3 rings (SSSR count). The summed E-state index contributed by atoms with van der Waals surface area (Å²) in [4.78, 5) is 38.8. The summed E-state index contributed by atoms with van der Waals surface area (Å²) in [5, 5.41) is 13.3. The lowest BCUT2D eigenvalue weighted by atomic mass is 10.0. The SMILES string of the molecule is CCCC[C@@H](C(=O)N[C@@H](CC(=O)O)c1ccc(C)cc1)n1cc(C)cc(Cc2c(Cl)cccc2Cl)c1=O. The number of hydrogen-bond acceptors (Lipinski definition) is 3. The summed E-state index contributed by atoms with van der Waals surface area (Å²) < 4.78 is 1.47. The topological polar surface area (TPSA) is 88.4 Å². The summed E-state index contributed by atoms with van der Waals surface area (Å²) in [6, 6.07) is 12.8. The number of benzene rings is 2. The lowest BCUT2D eigenvalue weighted by Crippen LogP contribution is -2.40. The van der Waals surface area contributed by atoms with Gasteiger partial charge < -0.3 is 15.0 Å². The molecule has 0 saturated carbocycles. The van der Waals surface area contributed by atoms with E-state index < -0.39 is 24.0 Å². The molecule has 0 bridgehead atoms. The van der Waals surface area contributed by atoms with Gasteiger partial charge in [-0.3, -0.25) is 14.4 Å². The van der Waals surface area contributed by atoms with Crippen LogP contribution in [0.5, 0.6) is 0 Å². The van der Waals surface area contributed by atoms with Crippen molar-refractivity contribution in [3.63, 3.8) is 0 Å². The van der Waals surface area contributed by atoms with Crippen molar-refractivity contribution in [3.05, 3.63) is 103 Å². The van der Waals surface area contributed by atoms with E-state index in [0.717, 1.165) is 24.0 Å². The van der Waals surface area contributed by atoms with Crippen LogP contribution in [0.2, 0.25) is 10.0 Å². The number of carboxylic acids is 1. The number of aromatic nitrogens is 1. The van der Waals surface area contributed by atoms with Gasteiger partial charge in [-0.05, 0) is 55.2 Å². The van der Waals surface area contributed by atoms with Crippen LogP contribution in [0, 0.1) is 13.8 Å². The fourth-order valence-electron chi connectivity index (χ4n) is 4.35. The van der Waals surface area contributed by atoms with E-state index in [9.17, 15) is 19.5 Å². The minimum Gasteiger partial charge on any atom is -0.481 e. The van der Waals surface area contributed by atoms with Crippen LogP contribution in [0.1, 0.15) is 72.5 Å². The zero-order chi connectivity index (χ0) is 27.1. The molecule has 1 aromatic heterocycles. The first-order chi connectivity index (χ1) is 17.6. The number of carbonyl (C=O) groups excluding carboxylic acids is 1. The average molecular weight is 543 g/mol. The summed E-state index contributed by atoms with van der Waals surface area (Å²) >= 11 is 12.7. The molecule has 196 valence electrons. The minimum atomic E-state index is -1.03. The molecule has 1 heterocycles. The van der Waals surface area contributed by atoms with E-state index in [1.807, 2.05) is 45.0 Å². The quantitative estimate of drug-likeness (QED) is 0.292. The predicted molar refractivity (Wildman–Crippen MR) is 148 cm³/mol. The Balaban J connectivity index is 1.99. The summed E-state index contributed by atoms with van der Waals surface area (Å²) in [6.45, 7) is 5.81. The van der Waals surface area contributed by atoms with Gasteiger partial charge in [-0.25, -0.2) is 0 Å². The molecule has 0 aliphatic rings. The average Bonchev–Trinajstić information content (AvgIpc) is 2.84. The lowest BCUT2D eigenvalue weighted by Gasteiger charge is -2.25. The third-order valence-electron chi connectivity index (χ3n) is 6.33. The van der Waals surface area contributed by atoms with Crippen LogP contribution >= 0.6 is 23.2 Å². The van der Waals surface area contributed by atoms with E-state index in [1.54, 1.807) is 30.5 Å². The van der Waals surface area contributed by atoms with Gasteiger partial charge in [-0.1, -0.05) is 78.9 Å². The Morgan fingerprint density at radius 3 is 2.27 bits per heavy atom. The zero-order valence-corrected chi connectivity index (χ0v) is 22.8. The summed E-state index contributed by atoms with van der Waals surface area (Å²) in [5.74, 6) is -1.42. The molecule has 2 atom stereocenters. The summed E-state index contributed by atoms with van der Waals surface area (Å²) in [5.41, 5.74) is 3.36. The number of nitrogens with one attached hydrogen (secondary N) is 1. The molecule has 8 heteroatoms. The van der Waals surface area contributed by atoms with Crippen molar-refractivity contribution in [1.82, 2.24) is 9.88 Å². The number of nitrogens with zero attached hydrogens (tertiary/aromatic N) is 1. The standard InChI is InChI=1S/C29H32Cl2N2O4/c1-4-5-9-26(28(36)32-25(16-27(34)35)20-12-10-18(2)11-13-20)33-17-19(3)14-21(29(33)37)15-22-23(30)7-6-8-24(22)31/h6-8,10-14,17,25-26H,4-5,9,15-16H2,1-3H3,(H,32,36)(H,34,35)/t25-,26-/m0/s1. The smallest absolute Gasteiger partial charge is 0.305 e. The molecule has 0 fully saturated rings. The van der Waals surface area contributed by atoms with Crippen LogP contribution in [0.3, 0.4) is 0 Å². The molecule has 37 heavy (non-hydrogen) atoms. The van der Waals surface area contributed by atoms with Crippen molar-refractivity contribution in [2.24, 2.45) is 0 Å². The maximum Gasteiger partial charge on any atom is 0.305 e. The number of pyridine rings is 1. The fourth-order valence-corrected chi connectivity index (χ4v) is 4.89. The molecule has 3 aromatic rings. The van der Waals surface area contributed by atoms with Crippen molar-refractivity contribution in [2.45, 2.75) is 65.0 Å². The van der Waals surface area contributed by atoms with Crippen molar-refractivity contribution in [2.75, 3.05) is 0 Å². The first kappa shape index (κ1) is 28.5. The van der Waals surface area contributed by atoms with Crippen LogP contribution in [0.25, 0.3) is 0 Å². The second-order valence-electron chi connectivity index (χ2n) is 9.36. The Morgan fingerprint density at radius 1 is 1.03 bits per heavy atom. The monoisotopic (exact) mass is 542 g/mol. The Kier molecular flexibility index (Phi) is 9.95. The highest BCUT2D eigenvalue weighted by Gasteiger charge is 2.27. The lowest BCUT2D eigenvalue weighted by molar-refractivity contribution is -0.137. The molecule has 0 radical (unpaired) electrons. The molecule has 6 nitrogen and oxygen atoms in total. The van der Waals surface area contributed by atoms with Gasteiger partial charge in [-0.2, -0.15) is 0 Å². The molecule has 0 unspecified atom stereocenters. The van der Waals surface area contributed by atoms with Crippen LogP contribution in [-0.4, -0.2) is 21.6 Å². The Bertz CT molecular complexity index is 1300. The van der Waals surface area contributed by atoms with Gasteiger partial charge in [0.25, 0.3) is 5.56 Å². The van der Waals surface area contributed by atoms with Gasteiger partial charge in [0.1, 0.15) is 6.04 Å². The van der Waals surface area contributed by atoms with E-state index >= 15 is 0 Å². The number of halogens is 2. The first-order valence-corrected chi connectivity index (χ1v) is 13.1. The molecule has 2 aromatic carbocycles. The van der Waals surface area contributed by atoms with Gasteiger partial charge in [0.15, 0.2) is 0 Å². The molecule has 0 aliphatic heterocycles. The number of amides is 1. The maximum atomic E-state index is 13.6. The van der Waals surface area contributed by atoms with Crippen LogP contribution in [0.4, 0.5) is 0 Å². The molecule has 0 saturated heterocycles. The van der Waals surface area contributed by atoms with Gasteiger partial charge in [0.2, 0.25) is 5.91 Å². The first-order valence-electron chi connectivity index (χ1n) is 12.3. The number of unbranched alkanes of at least 4 members (excludes halogenated alkanes) is 1. The number of carbonyl (C=O) groups is 2. The van der Waals surface area contributed by atoms with E-state index in [-0.39, 0.29) is 18.4 Å². The zero-order valence-electron chi connectivity index (χ0n) is 21.3. The second kappa shape index (κ2) is 12.9. The Hall–Kier alpha value is -3.09. The van der Waals surface area contributed by atoms with Crippen molar-refractivity contribution in [1.29, 1.82) is 0 Å². The predicted octanol–water partition coefficient (Wildman–Crippen LogP) is 6.43.